The van der Waals surface area contributed by atoms with Crippen molar-refractivity contribution in [1.82, 2.24) is 20.1 Å². The molecule has 1 heterocycles. The van der Waals surface area contributed by atoms with Crippen LogP contribution in [0.25, 0.3) is 0 Å². The second-order valence-electron chi connectivity index (χ2n) is 5.22. The summed E-state index contributed by atoms with van der Waals surface area (Å²) in [6.45, 7) is 7.65. The van der Waals surface area contributed by atoms with Crippen LogP contribution >= 0.6 is 0 Å². The quantitative estimate of drug-likeness (QED) is 0.851. The minimum Gasteiger partial charge on any atom is -0.485 e. The van der Waals surface area contributed by atoms with Gasteiger partial charge in [0.25, 0.3) is 0 Å². The van der Waals surface area contributed by atoms with Crippen molar-refractivity contribution in [3.8, 4) is 5.75 Å². The summed E-state index contributed by atoms with van der Waals surface area (Å²) in [4.78, 5) is 4.26. The lowest BCUT2D eigenvalue weighted by molar-refractivity contribution is 0.284. The van der Waals surface area contributed by atoms with Crippen molar-refractivity contribution in [1.29, 1.82) is 0 Å². The van der Waals surface area contributed by atoms with E-state index in [1.165, 1.54) is 5.56 Å². The van der Waals surface area contributed by atoms with E-state index in [2.05, 4.69) is 48.3 Å². The highest BCUT2D eigenvalue weighted by Crippen LogP contribution is 2.23. The summed E-state index contributed by atoms with van der Waals surface area (Å²) in [5.41, 5.74) is 2.40. The van der Waals surface area contributed by atoms with Crippen molar-refractivity contribution in [2.75, 3.05) is 7.05 Å². The lowest BCUT2D eigenvalue weighted by atomic mass is 10.1. The molecule has 1 aromatic carbocycles. The zero-order valence-corrected chi connectivity index (χ0v) is 13.3. The number of nitrogens with zero attached hydrogens (tertiary/aromatic N) is 3. The van der Waals surface area contributed by atoms with Gasteiger partial charge in [0.05, 0.1) is 0 Å². The summed E-state index contributed by atoms with van der Waals surface area (Å²) < 4.78 is 7.79. The number of nitrogens with one attached hydrogen (secondary N) is 1. The van der Waals surface area contributed by atoms with E-state index in [9.17, 15) is 0 Å². The Balaban J connectivity index is 2.04. The summed E-state index contributed by atoms with van der Waals surface area (Å²) in [5.74, 6) is 1.76. The van der Waals surface area contributed by atoms with Crippen molar-refractivity contribution in [3.63, 3.8) is 0 Å². The minimum atomic E-state index is 0.338. The van der Waals surface area contributed by atoms with Crippen molar-refractivity contribution >= 4 is 0 Å². The number of rotatable bonds is 7. The van der Waals surface area contributed by atoms with E-state index in [1.807, 2.05) is 17.8 Å². The third-order valence-electron chi connectivity index (χ3n) is 3.62. The molecule has 114 valence electrons. The van der Waals surface area contributed by atoms with Gasteiger partial charge in [-0.25, -0.2) is 9.67 Å². The van der Waals surface area contributed by atoms with Gasteiger partial charge in [-0.1, -0.05) is 19.1 Å². The van der Waals surface area contributed by atoms with Crippen LogP contribution in [0.1, 0.15) is 43.3 Å². The van der Waals surface area contributed by atoms with Gasteiger partial charge in [-0.15, -0.1) is 0 Å². The lowest BCUT2D eigenvalue weighted by Crippen LogP contribution is -2.12. The van der Waals surface area contributed by atoms with E-state index >= 15 is 0 Å². The molecule has 1 unspecified atom stereocenters. The highest BCUT2D eigenvalue weighted by molar-refractivity contribution is 5.37. The second kappa shape index (κ2) is 7.22. The largest absolute Gasteiger partial charge is 0.485 e. The Labute approximate surface area is 126 Å². The van der Waals surface area contributed by atoms with Crippen LogP contribution < -0.4 is 10.1 Å². The van der Waals surface area contributed by atoms with Crippen LogP contribution in [-0.2, 0) is 13.2 Å². The topological polar surface area (TPSA) is 52.0 Å². The van der Waals surface area contributed by atoms with Crippen LogP contribution in [-0.4, -0.2) is 21.8 Å². The standard InChI is InChI=1S/C16H24N4O/c1-5-8-20-16(18-11-19-20)10-21-15-7-6-14(9-12(15)2)13(3)17-4/h6-7,9,11,13,17H,5,8,10H2,1-4H3. The summed E-state index contributed by atoms with van der Waals surface area (Å²) in [5, 5.41) is 7.45. The molecular weight excluding hydrogens is 264 g/mol. The van der Waals surface area contributed by atoms with Gasteiger partial charge in [0.15, 0.2) is 5.82 Å². The molecule has 0 bridgehead atoms. The molecule has 0 aliphatic heterocycles. The van der Waals surface area contributed by atoms with Gasteiger partial charge >= 0.3 is 0 Å². The van der Waals surface area contributed by atoms with Crippen molar-refractivity contribution < 1.29 is 4.74 Å². The number of benzene rings is 1. The molecular formula is C16H24N4O. The first-order chi connectivity index (χ1) is 10.2. The first-order valence-corrected chi connectivity index (χ1v) is 7.43. The molecule has 5 nitrogen and oxygen atoms in total. The summed E-state index contributed by atoms with van der Waals surface area (Å²) in [6.07, 6.45) is 2.62. The number of hydrogen-bond donors (Lipinski definition) is 1. The highest BCUT2D eigenvalue weighted by atomic mass is 16.5. The van der Waals surface area contributed by atoms with Crippen molar-refractivity contribution in [2.24, 2.45) is 0 Å². The van der Waals surface area contributed by atoms with E-state index in [0.717, 1.165) is 30.1 Å². The molecule has 1 atom stereocenters. The smallest absolute Gasteiger partial charge is 0.164 e. The molecule has 0 aliphatic rings. The summed E-state index contributed by atoms with van der Waals surface area (Å²) in [6, 6.07) is 6.62. The number of aryl methyl sites for hydroxylation is 2. The lowest BCUT2D eigenvalue weighted by Gasteiger charge is -2.14. The van der Waals surface area contributed by atoms with E-state index in [4.69, 9.17) is 4.74 Å². The van der Waals surface area contributed by atoms with E-state index in [1.54, 1.807) is 6.33 Å². The van der Waals surface area contributed by atoms with Gasteiger partial charge in [0.1, 0.15) is 18.7 Å². The Bertz CT molecular complexity index is 579. The maximum atomic E-state index is 5.89. The van der Waals surface area contributed by atoms with E-state index < -0.39 is 0 Å². The molecule has 0 saturated carbocycles. The SMILES string of the molecule is CCCn1ncnc1COc1ccc(C(C)NC)cc1C. The van der Waals surface area contributed by atoms with Crippen LogP contribution in [0.5, 0.6) is 5.75 Å². The highest BCUT2D eigenvalue weighted by Gasteiger charge is 2.08. The third-order valence-corrected chi connectivity index (χ3v) is 3.62. The summed E-state index contributed by atoms with van der Waals surface area (Å²) >= 11 is 0. The van der Waals surface area contributed by atoms with Crippen LogP contribution in [0.4, 0.5) is 0 Å². The molecule has 0 amide bonds. The first-order valence-electron chi connectivity index (χ1n) is 7.43. The molecule has 5 heteroatoms. The fourth-order valence-electron chi connectivity index (χ4n) is 2.21. The number of ether oxygens (including phenoxy) is 1. The number of hydrogen-bond acceptors (Lipinski definition) is 4. The van der Waals surface area contributed by atoms with Gasteiger partial charge in [-0.3, -0.25) is 0 Å². The average Bonchev–Trinajstić information content (AvgIpc) is 2.93. The van der Waals surface area contributed by atoms with Crippen LogP contribution in [0, 0.1) is 6.92 Å². The molecule has 0 radical (unpaired) electrons. The number of aromatic nitrogens is 3. The molecule has 0 fully saturated rings. The molecule has 2 rings (SSSR count). The zero-order valence-electron chi connectivity index (χ0n) is 13.3. The maximum absolute atomic E-state index is 5.89. The molecule has 0 saturated heterocycles. The van der Waals surface area contributed by atoms with Crippen molar-refractivity contribution in [3.05, 3.63) is 41.5 Å². The van der Waals surface area contributed by atoms with Gasteiger partial charge in [-0.05, 0) is 44.5 Å². The summed E-state index contributed by atoms with van der Waals surface area (Å²) in [7, 11) is 1.96. The molecule has 1 N–H and O–H groups in total. The first kappa shape index (κ1) is 15.5. The predicted octanol–water partition coefficient (Wildman–Crippen LogP) is 2.86. The Kier molecular flexibility index (Phi) is 5.33. The average molecular weight is 288 g/mol. The normalized spacial score (nSPS) is 12.4. The third kappa shape index (κ3) is 3.82. The monoisotopic (exact) mass is 288 g/mol. The van der Waals surface area contributed by atoms with Crippen molar-refractivity contribution in [2.45, 2.75) is 46.4 Å². The Hall–Kier alpha value is -1.88. The molecule has 2 aromatic rings. The van der Waals surface area contributed by atoms with Gasteiger partial charge < -0.3 is 10.1 Å². The predicted molar refractivity (Wildman–Crippen MR) is 83.3 cm³/mol. The molecule has 0 spiro atoms. The van der Waals surface area contributed by atoms with Gasteiger partial charge in [-0.2, -0.15) is 5.10 Å². The fourth-order valence-corrected chi connectivity index (χ4v) is 2.21. The van der Waals surface area contributed by atoms with Crippen LogP contribution in [0.3, 0.4) is 0 Å². The minimum absolute atomic E-state index is 0.338. The second-order valence-corrected chi connectivity index (χ2v) is 5.22. The molecule has 0 aliphatic carbocycles. The fraction of sp³-hybridized carbons (Fsp3) is 0.500. The van der Waals surface area contributed by atoms with Gasteiger partial charge in [0.2, 0.25) is 0 Å². The molecule has 21 heavy (non-hydrogen) atoms. The zero-order chi connectivity index (χ0) is 15.2. The Morgan fingerprint density at radius 1 is 1.38 bits per heavy atom. The Morgan fingerprint density at radius 2 is 2.19 bits per heavy atom. The maximum Gasteiger partial charge on any atom is 0.164 e. The Morgan fingerprint density at radius 3 is 2.86 bits per heavy atom. The molecule has 1 aromatic heterocycles. The van der Waals surface area contributed by atoms with Crippen LogP contribution in [0.2, 0.25) is 0 Å². The van der Waals surface area contributed by atoms with Gasteiger partial charge in [0, 0.05) is 12.6 Å². The van der Waals surface area contributed by atoms with E-state index in [-0.39, 0.29) is 0 Å². The van der Waals surface area contributed by atoms with E-state index in [0.29, 0.717) is 12.6 Å². The van der Waals surface area contributed by atoms with Crippen LogP contribution in [0.15, 0.2) is 24.5 Å².